The zero-order chi connectivity index (χ0) is 16.9. The lowest BCUT2D eigenvalue weighted by atomic mass is 10.1. The van der Waals surface area contributed by atoms with Crippen LogP contribution >= 0.6 is 0 Å². The molecule has 128 valence electrons. The average molecular weight is 330 g/mol. The second-order valence-electron chi connectivity index (χ2n) is 6.04. The Labute approximate surface area is 140 Å². The molecule has 6 heteroatoms. The fourth-order valence-electron chi connectivity index (χ4n) is 2.82. The number of urea groups is 1. The summed E-state index contributed by atoms with van der Waals surface area (Å²) >= 11 is 0. The average Bonchev–Trinajstić information content (AvgIpc) is 3.09. The van der Waals surface area contributed by atoms with Crippen LogP contribution in [0.1, 0.15) is 37.2 Å². The molecular weight excluding hydrogens is 308 g/mol. The second kappa shape index (κ2) is 7.40. The van der Waals surface area contributed by atoms with Crippen molar-refractivity contribution in [3.8, 4) is 5.75 Å². The summed E-state index contributed by atoms with van der Waals surface area (Å²) in [5, 5.41) is 15.7. The number of ether oxygens (including phenoxy) is 1. The van der Waals surface area contributed by atoms with Crippen molar-refractivity contribution in [2.45, 2.75) is 38.3 Å². The van der Waals surface area contributed by atoms with E-state index in [0.717, 1.165) is 36.4 Å². The summed E-state index contributed by atoms with van der Waals surface area (Å²) < 4.78 is 10.7. The normalized spacial score (nSPS) is 15.8. The molecule has 2 heterocycles. The number of carbonyl (C=O) groups is 1. The molecule has 0 saturated carbocycles. The Bertz CT molecular complexity index is 684. The Kier molecular flexibility index (Phi) is 5.05. The number of hydrogen-bond acceptors (Lipinski definition) is 4. The summed E-state index contributed by atoms with van der Waals surface area (Å²) in [6, 6.07) is 8.59. The third kappa shape index (κ3) is 4.08. The molecule has 2 amide bonds. The van der Waals surface area contributed by atoms with Crippen LogP contribution in [0, 0.1) is 0 Å². The lowest BCUT2D eigenvalue weighted by molar-refractivity contribution is 0.130. The summed E-state index contributed by atoms with van der Waals surface area (Å²) in [6.45, 7) is 2.59. The third-order valence-electron chi connectivity index (χ3n) is 3.99. The molecule has 0 aliphatic carbocycles. The Balaban J connectivity index is 1.51. The highest BCUT2D eigenvalue weighted by Crippen LogP contribution is 2.27. The standard InChI is InChI=1S/C18H22N2O4/c1-12(10-15(21)17-5-3-9-24-17)19-18(22)20-14-6-7-16-13(11-14)4-2-8-23-16/h3,5-7,9,11-12,15,21H,2,4,8,10H2,1H3,(H2,19,20,22)/t12-,15-/m0/s1. The molecule has 0 bridgehead atoms. The zero-order valence-corrected chi connectivity index (χ0v) is 13.6. The van der Waals surface area contributed by atoms with Gasteiger partial charge in [0.05, 0.1) is 12.9 Å². The minimum Gasteiger partial charge on any atom is -0.493 e. The van der Waals surface area contributed by atoms with Gasteiger partial charge < -0.3 is 24.9 Å². The highest BCUT2D eigenvalue weighted by Gasteiger charge is 2.17. The molecule has 0 saturated heterocycles. The number of nitrogens with one attached hydrogen (secondary N) is 2. The van der Waals surface area contributed by atoms with E-state index in [2.05, 4.69) is 10.6 Å². The second-order valence-corrected chi connectivity index (χ2v) is 6.04. The molecule has 3 rings (SSSR count). The number of rotatable bonds is 5. The van der Waals surface area contributed by atoms with Crippen molar-refractivity contribution in [3.05, 3.63) is 47.9 Å². The maximum Gasteiger partial charge on any atom is 0.319 e. The van der Waals surface area contributed by atoms with Gasteiger partial charge in [0.15, 0.2) is 0 Å². The van der Waals surface area contributed by atoms with E-state index >= 15 is 0 Å². The van der Waals surface area contributed by atoms with E-state index in [1.807, 2.05) is 25.1 Å². The van der Waals surface area contributed by atoms with E-state index in [4.69, 9.17) is 9.15 Å². The SMILES string of the molecule is C[C@@H](C[C@H](O)c1ccco1)NC(=O)Nc1ccc2c(c1)CCCO2. The molecule has 0 radical (unpaired) electrons. The summed E-state index contributed by atoms with van der Waals surface area (Å²) in [4.78, 5) is 12.1. The van der Waals surface area contributed by atoms with Crippen molar-refractivity contribution >= 4 is 11.7 Å². The van der Waals surface area contributed by atoms with Gasteiger partial charge in [0.1, 0.15) is 17.6 Å². The minimum atomic E-state index is -0.740. The van der Waals surface area contributed by atoms with Crippen LogP contribution < -0.4 is 15.4 Å². The molecule has 6 nitrogen and oxygen atoms in total. The van der Waals surface area contributed by atoms with E-state index in [0.29, 0.717) is 12.2 Å². The van der Waals surface area contributed by atoms with Crippen LogP contribution in [0.3, 0.4) is 0 Å². The van der Waals surface area contributed by atoms with Crippen molar-refractivity contribution in [3.63, 3.8) is 0 Å². The largest absolute Gasteiger partial charge is 0.493 e. The predicted octanol–water partition coefficient (Wildman–Crippen LogP) is 3.24. The van der Waals surface area contributed by atoms with Gasteiger partial charge in [-0.3, -0.25) is 0 Å². The molecule has 2 aromatic rings. The van der Waals surface area contributed by atoms with Gasteiger partial charge in [-0.1, -0.05) is 0 Å². The summed E-state index contributed by atoms with van der Waals surface area (Å²) in [6.07, 6.45) is 3.10. The topological polar surface area (TPSA) is 83.7 Å². The first-order chi connectivity index (χ1) is 11.6. The first-order valence-electron chi connectivity index (χ1n) is 8.16. The molecule has 0 fully saturated rings. The fourth-order valence-corrected chi connectivity index (χ4v) is 2.82. The van der Waals surface area contributed by atoms with Gasteiger partial charge in [-0.2, -0.15) is 0 Å². The summed E-state index contributed by atoms with van der Waals surface area (Å²) in [5.41, 5.74) is 1.84. The van der Waals surface area contributed by atoms with Gasteiger partial charge in [0.25, 0.3) is 0 Å². The molecule has 1 aliphatic rings. The molecule has 1 aromatic carbocycles. The quantitative estimate of drug-likeness (QED) is 0.786. The van der Waals surface area contributed by atoms with Crippen molar-refractivity contribution < 1.29 is 19.1 Å². The van der Waals surface area contributed by atoms with Crippen molar-refractivity contribution in [2.24, 2.45) is 0 Å². The highest BCUT2D eigenvalue weighted by molar-refractivity contribution is 5.89. The van der Waals surface area contributed by atoms with E-state index in [9.17, 15) is 9.90 Å². The van der Waals surface area contributed by atoms with E-state index < -0.39 is 6.10 Å². The Morgan fingerprint density at radius 3 is 3.04 bits per heavy atom. The molecule has 0 spiro atoms. The number of aliphatic hydroxyl groups is 1. The van der Waals surface area contributed by atoms with Crippen LogP contribution in [-0.2, 0) is 6.42 Å². The van der Waals surface area contributed by atoms with Crippen molar-refractivity contribution in [1.82, 2.24) is 5.32 Å². The number of hydrogen-bond donors (Lipinski definition) is 3. The lowest BCUT2D eigenvalue weighted by Crippen LogP contribution is -2.37. The van der Waals surface area contributed by atoms with Crippen LogP contribution in [0.25, 0.3) is 0 Å². The van der Waals surface area contributed by atoms with Gasteiger partial charge in [-0.15, -0.1) is 0 Å². The first kappa shape index (κ1) is 16.4. The summed E-state index contributed by atoms with van der Waals surface area (Å²) in [5.74, 6) is 1.39. The van der Waals surface area contributed by atoms with E-state index in [1.165, 1.54) is 6.26 Å². The number of aliphatic hydroxyl groups excluding tert-OH is 1. The van der Waals surface area contributed by atoms with Crippen LogP contribution in [0.4, 0.5) is 10.5 Å². The number of benzene rings is 1. The fraction of sp³-hybridized carbons (Fsp3) is 0.389. The van der Waals surface area contributed by atoms with Crippen LogP contribution in [-0.4, -0.2) is 23.8 Å². The predicted molar refractivity (Wildman–Crippen MR) is 90.2 cm³/mol. The number of anilines is 1. The van der Waals surface area contributed by atoms with Crippen LogP contribution in [0.15, 0.2) is 41.0 Å². The number of aryl methyl sites for hydroxylation is 1. The molecule has 1 aromatic heterocycles. The van der Waals surface area contributed by atoms with Crippen LogP contribution in [0.2, 0.25) is 0 Å². The summed E-state index contributed by atoms with van der Waals surface area (Å²) in [7, 11) is 0. The monoisotopic (exact) mass is 330 g/mol. The molecule has 0 unspecified atom stereocenters. The van der Waals surface area contributed by atoms with Gasteiger partial charge >= 0.3 is 6.03 Å². The van der Waals surface area contributed by atoms with Crippen LogP contribution in [0.5, 0.6) is 5.75 Å². The maximum absolute atomic E-state index is 12.1. The molecular formula is C18H22N2O4. The van der Waals surface area contributed by atoms with Gasteiger partial charge in [0.2, 0.25) is 0 Å². The van der Waals surface area contributed by atoms with Crippen molar-refractivity contribution in [2.75, 3.05) is 11.9 Å². The minimum absolute atomic E-state index is 0.203. The van der Waals surface area contributed by atoms with Gasteiger partial charge in [0, 0.05) is 18.2 Å². The third-order valence-corrected chi connectivity index (χ3v) is 3.99. The maximum atomic E-state index is 12.1. The van der Waals surface area contributed by atoms with Gasteiger partial charge in [-0.05, 0) is 55.7 Å². The van der Waals surface area contributed by atoms with E-state index in [1.54, 1.807) is 12.1 Å². The Hall–Kier alpha value is -2.47. The van der Waals surface area contributed by atoms with Gasteiger partial charge in [-0.25, -0.2) is 4.79 Å². The number of amides is 2. The highest BCUT2D eigenvalue weighted by atomic mass is 16.5. The molecule has 3 N–H and O–H groups in total. The first-order valence-corrected chi connectivity index (χ1v) is 8.16. The van der Waals surface area contributed by atoms with Crippen molar-refractivity contribution in [1.29, 1.82) is 0 Å². The zero-order valence-electron chi connectivity index (χ0n) is 13.6. The molecule has 24 heavy (non-hydrogen) atoms. The van der Waals surface area contributed by atoms with E-state index in [-0.39, 0.29) is 12.1 Å². The number of fused-ring (bicyclic) bond motifs is 1. The Morgan fingerprint density at radius 2 is 2.25 bits per heavy atom. The molecule has 1 aliphatic heterocycles. The molecule has 2 atom stereocenters. The smallest absolute Gasteiger partial charge is 0.319 e. The number of furan rings is 1. The Morgan fingerprint density at radius 1 is 1.38 bits per heavy atom. The lowest BCUT2D eigenvalue weighted by Gasteiger charge is -2.19. The number of carbonyl (C=O) groups excluding carboxylic acids is 1.